The van der Waals surface area contributed by atoms with Crippen molar-refractivity contribution in [1.29, 1.82) is 0 Å². The Kier molecular flexibility index (Phi) is 5.88. The van der Waals surface area contributed by atoms with E-state index in [1.807, 2.05) is 0 Å². The van der Waals surface area contributed by atoms with Gasteiger partial charge in [0, 0.05) is 13.2 Å². The van der Waals surface area contributed by atoms with E-state index in [4.69, 9.17) is 21.5 Å². The van der Waals surface area contributed by atoms with Crippen molar-refractivity contribution >= 4 is 27.5 Å². The quantitative estimate of drug-likeness (QED) is 0.759. The zero-order chi connectivity index (χ0) is 15.3. The maximum absolute atomic E-state index is 13.4. The van der Waals surface area contributed by atoms with Gasteiger partial charge in [-0.3, -0.25) is 4.79 Å². The number of sulfonamides is 1. The summed E-state index contributed by atoms with van der Waals surface area (Å²) in [5, 5.41) is 7.12. The molecule has 0 radical (unpaired) electrons. The lowest BCUT2D eigenvalue weighted by molar-refractivity contribution is 0.0922. The Bertz CT molecular complexity index is 607. The Morgan fingerprint density at radius 3 is 2.70 bits per heavy atom. The predicted octanol–water partition coefficient (Wildman–Crippen LogP) is 0.893. The van der Waals surface area contributed by atoms with E-state index >= 15 is 0 Å². The summed E-state index contributed by atoms with van der Waals surface area (Å²) in [6.07, 6.45) is 0. The van der Waals surface area contributed by atoms with Crippen LogP contribution in [0.15, 0.2) is 17.0 Å². The van der Waals surface area contributed by atoms with Crippen LogP contribution in [0.25, 0.3) is 0 Å². The number of halogens is 2. The van der Waals surface area contributed by atoms with Crippen LogP contribution in [0.2, 0.25) is 5.02 Å². The van der Waals surface area contributed by atoms with Crippen molar-refractivity contribution in [3.8, 4) is 0 Å². The van der Waals surface area contributed by atoms with Gasteiger partial charge < -0.3 is 10.1 Å². The van der Waals surface area contributed by atoms with Crippen molar-refractivity contribution in [1.82, 2.24) is 5.32 Å². The number of hydrogen-bond donors (Lipinski definition) is 2. The highest BCUT2D eigenvalue weighted by Crippen LogP contribution is 2.23. The highest BCUT2D eigenvalue weighted by molar-refractivity contribution is 7.89. The largest absolute Gasteiger partial charge is 0.380 e. The Balaban J connectivity index is 2.98. The Morgan fingerprint density at radius 1 is 1.50 bits per heavy atom. The Hall–Kier alpha value is -1.22. The number of carbonyl (C=O) groups excluding carboxylic acids is 1. The smallest absolute Gasteiger partial charge is 0.252 e. The average molecular weight is 325 g/mol. The summed E-state index contributed by atoms with van der Waals surface area (Å²) < 4.78 is 40.8. The van der Waals surface area contributed by atoms with Crippen molar-refractivity contribution in [2.45, 2.75) is 11.8 Å². The summed E-state index contributed by atoms with van der Waals surface area (Å²) in [6.45, 7) is 2.81. The molecule has 0 aromatic heterocycles. The molecule has 0 unspecified atom stereocenters. The minimum absolute atomic E-state index is 0.173. The van der Waals surface area contributed by atoms with Crippen LogP contribution in [0.5, 0.6) is 0 Å². The van der Waals surface area contributed by atoms with Gasteiger partial charge in [0.15, 0.2) is 0 Å². The highest BCUT2D eigenvalue weighted by Gasteiger charge is 2.20. The molecule has 1 rings (SSSR count). The molecule has 1 aromatic rings. The van der Waals surface area contributed by atoms with E-state index in [1.165, 1.54) is 0 Å². The number of rotatable bonds is 6. The van der Waals surface area contributed by atoms with E-state index in [2.05, 4.69) is 5.32 Å². The molecule has 0 saturated carbocycles. The molecule has 9 heteroatoms. The van der Waals surface area contributed by atoms with E-state index < -0.39 is 26.6 Å². The second-order valence-corrected chi connectivity index (χ2v) is 5.70. The van der Waals surface area contributed by atoms with Gasteiger partial charge in [0.2, 0.25) is 10.0 Å². The standard InChI is InChI=1S/C11H14ClFN2O4S/c1-2-19-4-3-15-11(16)7-5-10(20(14,17)18)9(13)6-8(7)12/h5-6H,2-4H2,1H3,(H,15,16)(H2,14,17,18). The van der Waals surface area contributed by atoms with E-state index in [0.717, 1.165) is 12.1 Å². The lowest BCUT2D eigenvalue weighted by Gasteiger charge is -2.09. The molecule has 112 valence electrons. The Labute approximate surface area is 121 Å². The van der Waals surface area contributed by atoms with Gasteiger partial charge in [0.05, 0.1) is 17.2 Å². The first kappa shape index (κ1) is 16.8. The third-order valence-corrected chi connectivity index (χ3v) is 3.55. The number of benzene rings is 1. The summed E-state index contributed by atoms with van der Waals surface area (Å²) in [5.41, 5.74) is -0.173. The molecule has 0 aliphatic heterocycles. The van der Waals surface area contributed by atoms with Gasteiger partial charge in [0.1, 0.15) is 10.7 Å². The van der Waals surface area contributed by atoms with Crippen LogP contribution >= 0.6 is 11.6 Å². The second-order valence-electron chi connectivity index (χ2n) is 3.76. The van der Waals surface area contributed by atoms with E-state index in [0.29, 0.717) is 13.2 Å². The first-order valence-corrected chi connectivity index (χ1v) is 7.57. The summed E-state index contributed by atoms with van der Waals surface area (Å²) in [5.74, 6) is -1.75. The zero-order valence-electron chi connectivity index (χ0n) is 10.7. The molecule has 0 bridgehead atoms. The van der Waals surface area contributed by atoms with Crippen molar-refractivity contribution in [2.75, 3.05) is 19.8 Å². The number of hydrogen-bond acceptors (Lipinski definition) is 4. The van der Waals surface area contributed by atoms with Crippen molar-refractivity contribution in [3.63, 3.8) is 0 Å². The second kappa shape index (κ2) is 6.98. The number of amides is 1. The summed E-state index contributed by atoms with van der Waals surface area (Å²) >= 11 is 5.72. The minimum atomic E-state index is -4.27. The fraction of sp³-hybridized carbons (Fsp3) is 0.364. The maximum Gasteiger partial charge on any atom is 0.252 e. The third kappa shape index (κ3) is 4.41. The number of carbonyl (C=O) groups is 1. The molecule has 0 heterocycles. The van der Waals surface area contributed by atoms with E-state index in [-0.39, 0.29) is 17.1 Å². The topological polar surface area (TPSA) is 98.5 Å². The zero-order valence-corrected chi connectivity index (χ0v) is 12.2. The molecule has 0 atom stereocenters. The van der Waals surface area contributed by atoms with Crippen LogP contribution in [0.3, 0.4) is 0 Å². The monoisotopic (exact) mass is 324 g/mol. The van der Waals surface area contributed by atoms with Crippen molar-refractivity contribution in [3.05, 3.63) is 28.5 Å². The van der Waals surface area contributed by atoms with Gasteiger partial charge in [0.25, 0.3) is 5.91 Å². The van der Waals surface area contributed by atoms with Gasteiger partial charge in [-0.15, -0.1) is 0 Å². The minimum Gasteiger partial charge on any atom is -0.380 e. The molecule has 3 N–H and O–H groups in total. The van der Waals surface area contributed by atoms with Crippen LogP contribution < -0.4 is 10.5 Å². The normalized spacial score (nSPS) is 11.4. The Morgan fingerprint density at radius 2 is 2.15 bits per heavy atom. The molecule has 6 nitrogen and oxygen atoms in total. The first-order chi connectivity index (χ1) is 9.27. The van der Waals surface area contributed by atoms with E-state index in [9.17, 15) is 17.6 Å². The fourth-order valence-electron chi connectivity index (χ4n) is 1.40. The van der Waals surface area contributed by atoms with Crippen molar-refractivity contribution < 1.29 is 22.3 Å². The first-order valence-electron chi connectivity index (χ1n) is 5.65. The van der Waals surface area contributed by atoms with Crippen LogP contribution in [0.4, 0.5) is 4.39 Å². The molecule has 0 saturated heterocycles. The number of ether oxygens (including phenoxy) is 1. The van der Waals surface area contributed by atoms with Gasteiger partial charge in [-0.25, -0.2) is 17.9 Å². The van der Waals surface area contributed by atoms with Crippen LogP contribution in [0, 0.1) is 5.82 Å². The number of primary sulfonamides is 1. The van der Waals surface area contributed by atoms with Gasteiger partial charge >= 0.3 is 0 Å². The molecule has 1 aromatic carbocycles. The molecular weight excluding hydrogens is 311 g/mol. The van der Waals surface area contributed by atoms with Crippen LogP contribution in [0.1, 0.15) is 17.3 Å². The highest BCUT2D eigenvalue weighted by atomic mass is 35.5. The van der Waals surface area contributed by atoms with Crippen molar-refractivity contribution in [2.24, 2.45) is 5.14 Å². The fourth-order valence-corrected chi connectivity index (χ4v) is 2.25. The maximum atomic E-state index is 13.4. The molecule has 0 aliphatic carbocycles. The van der Waals surface area contributed by atoms with Gasteiger partial charge in [-0.1, -0.05) is 11.6 Å². The van der Waals surface area contributed by atoms with Crippen LogP contribution in [-0.4, -0.2) is 34.1 Å². The molecule has 20 heavy (non-hydrogen) atoms. The van der Waals surface area contributed by atoms with Gasteiger partial charge in [-0.05, 0) is 19.1 Å². The molecular formula is C11H14ClFN2O4S. The van der Waals surface area contributed by atoms with Crippen LogP contribution in [-0.2, 0) is 14.8 Å². The average Bonchev–Trinajstić information content (AvgIpc) is 2.32. The summed E-state index contributed by atoms with van der Waals surface area (Å²) in [6, 6.07) is 1.54. The molecule has 0 aliphatic rings. The molecule has 1 amide bonds. The molecule has 0 spiro atoms. The summed E-state index contributed by atoms with van der Waals surface area (Å²) in [4.78, 5) is 11.0. The van der Waals surface area contributed by atoms with Gasteiger partial charge in [-0.2, -0.15) is 0 Å². The number of nitrogens with two attached hydrogens (primary N) is 1. The number of nitrogens with one attached hydrogen (secondary N) is 1. The molecule has 0 fully saturated rings. The lowest BCUT2D eigenvalue weighted by atomic mass is 10.2. The third-order valence-electron chi connectivity index (χ3n) is 2.31. The van der Waals surface area contributed by atoms with E-state index in [1.54, 1.807) is 6.92 Å². The lowest BCUT2D eigenvalue weighted by Crippen LogP contribution is -2.28. The SMILES string of the molecule is CCOCCNC(=O)c1cc(S(N)(=O)=O)c(F)cc1Cl. The predicted molar refractivity (Wildman–Crippen MR) is 71.6 cm³/mol. The summed E-state index contributed by atoms with van der Waals surface area (Å²) in [7, 11) is -4.27.